The van der Waals surface area contributed by atoms with Crippen molar-refractivity contribution in [3.8, 4) is 0 Å². The molecular weight excluding hydrogens is 216 g/mol. The molecule has 1 fully saturated rings. The van der Waals surface area contributed by atoms with E-state index in [2.05, 4.69) is 4.98 Å². The maximum atomic E-state index is 12.0. The zero-order chi connectivity index (χ0) is 10.7. The highest BCUT2D eigenvalue weighted by Crippen LogP contribution is 2.16. The predicted octanol–water partition coefficient (Wildman–Crippen LogP) is 1.21. The van der Waals surface area contributed by atoms with Crippen molar-refractivity contribution >= 4 is 17.5 Å². The van der Waals surface area contributed by atoms with E-state index >= 15 is 0 Å². The summed E-state index contributed by atoms with van der Waals surface area (Å²) in [6.45, 7) is 2.43. The summed E-state index contributed by atoms with van der Waals surface area (Å²) in [7, 11) is 0. The third-order valence-corrected chi connectivity index (χ3v) is 2.60. The van der Waals surface area contributed by atoms with Gasteiger partial charge in [0, 0.05) is 25.5 Å². The number of carbonyl (C=O) groups is 1. The Balaban J connectivity index is 2.16. The maximum absolute atomic E-state index is 12.0. The molecule has 0 aromatic carbocycles. The first-order chi connectivity index (χ1) is 7.29. The maximum Gasteiger partial charge on any atom is 0.255 e. The second kappa shape index (κ2) is 4.59. The van der Waals surface area contributed by atoms with Gasteiger partial charge in [0.1, 0.15) is 0 Å². The van der Waals surface area contributed by atoms with E-state index in [1.807, 2.05) is 0 Å². The van der Waals surface area contributed by atoms with Crippen molar-refractivity contribution in [2.45, 2.75) is 0 Å². The number of ether oxygens (including phenoxy) is 1. The Labute approximate surface area is 92.8 Å². The number of nitrogens with zero attached hydrogens (tertiary/aromatic N) is 2. The van der Waals surface area contributed by atoms with Crippen LogP contribution in [0.5, 0.6) is 0 Å². The lowest BCUT2D eigenvalue weighted by molar-refractivity contribution is 0.0303. The number of halogens is 1. The number of carbonyl (C=O) groups excluding carboxylic acids is 1. The number of pyridine rings is 1. The standard InChI is InChI=1S/C10H11ClN2O2/c11-9-7-12-2-1-8(9)10(14)13-3-5-15-6-4-13/h1-2,7H,3-6H2. The van der Waals surface area contributed by atoms with Gasteiger partial charge in [0.15, 0.2) is 0 Å². The first-order valence-electron chi connectivity index (χ1n) is 4.75. The van der Waals surface area contributed by atoms with Crippen molar-refractivity contribution < 1.29 is 9.53 Å². The number of amides is 1. The normalized spacial score (nSPS) is 16.5. The fourth-order valence-corrected chi connectivity index (χ4v) is 1.69. The fourth-order valence-electron chi connectivity index (χ4n) is 1.49. The van der Waals surface area contributed by atoms with Gasteiger partial charge in [-0.3, -0.25) is 9.78 Å². The molecule has 2 rings (SSSR count). The van der Waals surface area contributed by atoms with Crippen LogP contribution in [0.15, 0.2) is 18.5 Å². The van der Waals surface area contributed by atoms with Gasteiger partial charge in [0.2, 0.25) is 0 Å². The van der Waals surface area contributed by atoms with Gasteiger partial charge in [0.05, 0.1) is 23.8 Å². The van der Waals surface area contributed by atoms with Crippen LogP contribution in [0.25, 0.3) is 0 Å². The van der Waals surface area contributed by atoms with E-state index in [1.165, 1.54) is 6.20 Å². The van der Waals surface area contributed by atoms with Crippen molar-refractivity contribution in [2.24, 2.45) is 0 Å². The quantitative estimate of drug-likeness (QED) is 0.723. The lowest BCUT2D eigenvalue weighted by Crippen LogP contribution is -2.40. The Bertz CT molecular complexity index is 364. The molecule has 15 heavy (non-hydrogen) atoms. The van der Waals surface area contributed by atoms with Crippen molar-refractivity contribution in [3.63, 3.8) is 0 Å². The highest BCUT2D eigenvalue weighted by Gasteiger charge is 2.20. The minimum absolute atomic E-state index is 0.0503. The van der Waals surface area contributed by atoms with Crippen LogP contribution in [0.1, 0.15) is 10.4 Å². The number of hydrogen-bond acceptors (Lipinski definition) is 3. The van der Waals surface area contributed by atoms with E-state index in [0.717, 1.165) is 0 Å². The van der Waals surface area contributed by atoms with Crippen LogP contribution < -0.4 is 0 Å². The minimum atomic E-state index is -0.0503. The van der Waals surface area contributed by atoms with Crippen LogP contribution in [0.3, 0.4) is 0 Å². The predicted molar refractivity (Wildman–Crippen MR) is 56.0 cm³/mol. The number of hydrogen-bond donors (Lipinski definition) is 0. The summed E-state index contributed by atoms with van der Waals surface area (Å²) >= 11 is 5.90. The average molecular weight is 227 g/mol. The van der Waals surface area contributed by atoms with E-state index in [9.17, 15) is 4.79 Å². The Morgan fingerprint density at radius 1 is 1.47 bits per heavy atom. The molecular formula is C10H11ClN2O2. The van der Waals surface area contributed by atoms with Gasteiger partial charge in [-0.25, -0.2) is 0 Å². The van der Waals surface area contributed by atoms with Gasteiger partial charge in [-0.05, 0) is 6.07 Å². The Hall–Kier alpha value is -1.13. The summed E-state index contributed by atoms with van der Waals surface area (Å²) in [6, 6.07) is 1.64. The Kier molecular flexibility index (Phi) is 3.18. The molecule has 1 saturated heterocycles. The molecule has 0 N–H and O–H groups in total. The lowest BCUT2D eigenvalue weighted by Gasteiger charge is -2.27. The number of rotatable bonds is 1. The topological polar surface area (TPSA) is 42.4 Å². The van der Waals surface area contributed by atoms with Gasteiger partial charge in [-0.2, -0.15) is 0 Å². The molecule has 5 heteroatoms. The molecule has 80 valence electrons. The molecule has 1 amide bonds. The number of morpholine rings is 1. The van der Waals surface area contributed by atoms with Gasteiger partial charge in [0.25, 0.3) is 5.91 Å². The third-order valence-electron chi connectivity index (χ3n) is 2.30. The van der Waals surface area contributed by atoms with Crippen molar-refractivity contribution in [2.75, 3.05) is 26.3 Å². The second-order valence-electron chi connectivity index (χ2n) is 3.26. The molecule has 1 aliphatic rings. The summed E-state index contributed by atoms with van der Waals surface area (Å²) in [6.07, 6.45) is 3.05. The molecule has 0 spiro atoms. The van der Waals surface area contributed by atoms with Crippen LogP contribution in [0.2, 0.25) is 5.02 Å². The number of aromatic nitrogens is 1. The van der Waals surface area contributed by atoms with E-state index < -0.39 is 0 Å². The molecule has 4 nitrogen and oxygen atoms in total. The van der Waals surface area contributed by atoms with Crippen LogP contribution in [-0.4, -0.2) is 42.1 Å². The van der Waals surface area contributed by atoms with E-state index in [4.69, 9.17) is 16.3 Å². The molecule has 0 radical (unpaired) electrons. The van der Waals surface area contributed by atoms with Crippen molar-refractivity contribution in [1.82, 2.24) is 9.88 Å². The third kappa shape index (κ3) is 2.27. The average Bonchev–Trinajstić information content (AvgIpc) is 2.30. The van der Waals surface area contributed by atoms with Crippen LogP contribution in [-0.2, 0) is 4.74 Å². The lowest BCUT2D eigenvalue weighted by atomic mass is 10.2. The molecule has 1 aromatic heterocycles. The zero-order valence-electron chi connectivity index (χ0n) is 8.15. The summed E-state index contributed by atoms with van der Waals surface area (Å²) in [5.74, 6) is -0.0503. The van der Waals surface area contributed by atoms with E-state index in [0.29, 0.717) is 36.9 Å². The van der Waals surface area contributed by atoms with E-state index in [-0.39, 0.29) is 5.91 Å². The molecule has 0 unspecified atom stereocenters. The van der Waals surface area contributed by atoms with Crippen LogP contribution >= 0.6 is 11.6 Å². The highest BCUT2D eigenvalue weighted by atomic mass is 35.5. The first-order valence-corrected chi connectivity index (χ1v) is 5.13. The van der Waals surface area contributed by atoms with Crippen LogP contribution in [0, 0.1) is 0 Å². The fraction of sp³-hybridized carbons (Fsp3) is 0.400. The Morgan fingerprint density at radius 2 is 2.20 bits per heavy atom. The molecule has 0 bridgehead atoms. The minimum Gasteiger partial charge on any atom is -0.378 e. The van der Waals surface area contributed by atoms with E-state index in [1.54, 1.807) is 17.2 Å². The Morgan fingerprint density at radius 3 is 2.87 bits per heavy atom. The summed E-state index contributed by atoms with van der Waals surface area (Å²) in [5, 5.41) is 0.397. The highest BCUT2D eigenvalue weighted by molar-refractivity contribution is 6.33. The monoisotopic (exact) mass is 226 g/mol. The first kappa shape index (κ1) is 10.4. The van der Waals surface area contributed by atoms with Gasteiger partial charge in [-0.15, -0.1) is 0 Å². The SMILES string of the molecule is O=C(c1ccncc1Cl)N1CCOCC1. The summed E-state index contributed by atoms with van der Waals surface area (Å²) < 4.78 is 5.18. The largest absolute Gasteiger partial charge is 0.378 e. The summed E-state index contributed by atoms with van der Waals surface area (Å²) in [4.78, 5) is 17.6. The molecule has 0 aliphatic carbocycles. The van der Waals surface area contributed by atoms with Crippen molar-refractivity contribution in [3.05, 3.63) is 29.0 Å². The van der Waals surface area contributed by atoms with Crippen LogP contribution in [0.4, 0.5) is 0 Å². The van der Waals surface area contributed by atoms with Gasteiger partial charge < -0.3 is 9.64 Å². The second-order valence-corrected chi connectivity index (χ2v) is 3.67. The molecule has 1 aromatic rings. The summed E-state index contributed by atoms with van der Waals surface area (Å²) in [5.41, 5.74) is 0.508. The van der Waals surface area contributed by atoms with Gasteiger partial charge >= 0.3 is 0 Å². The van der Waals surface area contributed by atoms with Gasteiger partial charge in [-0.1, -0.05) is 11.6 Å². The molecule has 1 aliphatic heterocycles. The molecule has 0 saturated carbocycles. The van der Waals surface area contributed by atoms with Crippen molar-refractivity contribution in [1.29, 1.82) is 0 Å². The zero-order valence-corrected chi connectivity index (χ0v) is 8.91. The molecule has 0 atom stereocenters. The smallest absolute Gasteiger partial charge is 0.255 e. The molecule has 2 heterocycles.